The molecular formula is C21H17F6NO4S. The number of alkyl halides is 6. The zero-order chi connectivity index (χ0) is 23.9. The fraction of sp³-hybridized carbons (Fsp3) is 0.524. The van der Waals surface area contributed by atoms with E-state index in [1.54, 1.807) is 6.92 Å². The molecular weight excluding hydrogens is 476 g/mol. The first-order chi connectivity index (χ1) is 15.2. The Kier molecular flexibility index (Phi) is 3.71. The molecule has 1 aromatic carbocycles. The van der Waals surface area contributed by atoms with Crippen LogP contribution in [0, 0.1) is 17.8 Å². The number of sulfonamides is 1. The summed E-state index contributed by atoms with van der Waals surface area (Å²) in [6.45, 7) is -0.103. The molecule has 5 aliphatic rings. The number of hydrogen-bond donors (Lipinski definition) is 0. The maximum Gasteiger partial charge on any atom is 0.401 e. The summed E-state index contributed by atoms with van der Waals surface area (Å²) < 4.78 is 128. The van der Waals surface area contributed by atoms with Gasteiger partial charge in [-0.2, -0.15) is 30.6 Å². The van der Waals surface area contributed by atoms with Gasteiger partial charge >= 0.3 is 12.4 Å². The summed E-state index contributed by atoms with van der Waals surface area (Å²) >= 11 is 0. The van der Waals surface area contributed by atoms with Crippen molar-refractivity contribution in [3.63, 3.8) is 0 Å². The van der Waals surface area contributed by atoms with Crippen molar-refractivity contribution in [1.82, 2.24) is 4.31 Å². The van der Waals surface area contributed by atoms with Crippen molar-refractivity contribution >= 4 is 10.0 Å². The molecule has 6 rings (SSSR count). The van der Waals surface area contributed by atoms with Gasteiger partial charge in [-0.3, -0.25) is 0 Å². The van der Waals surface area contributed by atoms with Crippen LogP contribution in [0.1, 0.15) is 5.56 Å². The molecule has 0 amide bonds. The van der Waals surface area contributed by atoms with Gasteiger partial charge in [0.2, 0.25) is 10.0 Å². The van der Waals surface area contributed by atoms with E-state index < -0.39 is 69.7 Å². The number of nitrogens with zero attached hydrogens (tertiary/aromatic N) is 1. The predicted molar refractivity (Wildman–Crippen MR) is 100 cm³/mol. The Bertz CT molecular complexity index is 1180. The van der Waals surface area contributed by atoms with Gasteiger partial charge < -0.3 is 9.47 Å². The van der Waals surface area contributed by atoms with Crippen molar-refractivity contribution in [2.24, 2.45) is 10.8 Å². The molecule has 0 saturated carbocycles. The SMILES string of the molecule is Cc1ccc(S(=O)(=O)N2C[C@@]34C=C[C@@H](O3)C3(C(F)(F)F)[C@@H]5C=C[C@@](C2)(O5)C34C(F)(F)F)cc1. The first-order valence-corrected chi connectivity index (χ1v) is 11.6. The second-order valence-electron chi connectivity index (χ2n) is 9.27. The van der Waals surface area contributed by atoms with E-state index in [-0.39, 0.29) is 4.90 Å². The van der Waals surface area contributed by atoms with Crippen LogP contribution in [0.5, 0.6) is 0 Å². The molecule has 2 spiro atoms. The highest BCUT2D eigenvalue weighted by Gasteiger charge is 3.01. The molecule has 5 aliphatic heterocycles. The maximum atomic E-state index is 15.0. The van der Waals surface area contributed by atoms with Crippen LogP contribution >= 0.6 is 0 Å². The molecule has 0 radical (unpaired) electrons. The minimum atomic E-state index is -5.42. The molecule has 0 N–H and O–H groups in total. The predicted octanol–water partition coefficient (Wildman–Crippen LogP) is 3.51. The molecule has 178 valence electrons. The number of hydrogen-bond acceptors (Lipinski definition) is 4. The van der Waals surface area contributed by atoms with Crippen molar-refractivity contribution < 1.29 is 44.2 Å². The molecule has 3 saturated heterocycles. The lowest BCUT2D eigenvalue weighted by Crippen LogP contribution is -2.80. The number of rotatable bonds is 2. The molecule has 0 aliphatic carbocycles. The summed E-state index contributed by atoms with van der Waals surface area (Å²) in [6, 6.07) is 5.66. The molecule has 12 heteroatoms. The molecule has 1 aromatic rings. The zero-order valence-electron chi connectivity index (χ0n) is 16.9. The molecule has 3 fully saturated rings. The van der Waals surface area contributed by atoms with Crippen LogP contribution < -0.4 is 0 Å². The molecule has 4 bridgehead atoms. The van der Waals surface area contributed by atoms with Crippen molar-refractivity contribution in [3.05, 3.63) is 54.1 Å². The molecule has 5 heterocycles. The summed E-state index contributed by atoms with van der Waals surface area (Å²) in [5, 5.41) is 0. The summed E-state index contributed by atoms with van der Waals surface area (Å²) in [4.78, 5) is -0.185. The Morgan fingerprint density at radius 3 is 1.79 bits per heavy atom. The lowest BCUT2D eigenvalue weighted by atomic mass is 9.43. The van der Waals surface area contributed by atoms with E-state index >= 15 is 13.2 Å². The van der Waals surface area contributed by atoms with E-state index in [0.717, 1.165) is 34.2 Å². The summed E-state index contributed by atoms with van der Waals surface area (Å²) in [5.74, 6) is 0. The van der Waals surface area contributed by atoms with Gasteiger partial charge in [-0.15, -0.1) is 0 Å². The standard InChI is InChI=1S/C21H17F6NO4S/c1-12-2-4-13(5-3-12)33(29,30)28-10-16-8-6-14(31-16)18(20(22,23)24)15-7-9-17(11-28,32-15)19(16,18)21(25,26)27/h2-9,14-15H,10-11H2,1H3/t14-,15+,16-,17+,18?,19?. The monoisotopic (exact) mass is 493 g/mol. The van der Waals surface area contributed by atoms with Crippen LogP contribution in [0.15, 0.2) is 53.5 Å². The molecule has 5 nitrogen and oxygen atoms in total. The Morgan fingerprint density at radius 2 is 1.36 bits per heavy atom. The second kappa shape index (κ2) is 5.67. The maximum absolute atomic E-state index is 15.0. The van der Waals surface area contributed by atoms with Crippen LogP contribution in [0.2, 0.25) is 0 Å². The average Bonchev–Trinajstić information content (AvgIpc) is 3.42. The lowest BCUT2D eigenvalue weighted by molar-refractivity contribution is -0.354. The summed E-state index contributed by atoms with van der Waals surface area (Å²) in [7, 11) is -4.37. The fourth-order valence-corrected chi connectivity index (χ4v) is 8.44. The van der Waals surface area contributed by atoms with E-state index in [4.69, 9.17) is 9.47 Å². The third-order valence-corrected chi connectivity index (χ3v) is 9.72. The van der Waals surface area contributed by atoms with Gasteiger partial charge in [-0.1, -0.05) is 42.0 Å². The van der Waals surface area contributed by atoms with Gasteiger partial charge in [0.05, 0.1) is 17.1 Å². The number of fused-ring (bicyclic) bond motifs is 4. The highest BCUT2D eigenvalue weighted by Crippen LogP contribution is 2.84. The van der Waals surface area contributed by atoms with Crippen LogP contribution in [0.4, 0.5) is 26.3 Å². The van der Waals surface area contributed by atoms with Gasteiger partial charge in [0.15, 0.2) is 5.41 Å². The van der Waals surface area contributed by atoms with Crippen molar-refractivity contribution in [3.8, 4) is 0 Å². The van der Waals surface area contributed by atoms with Gasteiger partial charge in [0.25, 0.3) is 0 Å². The largest absolute Gasteiger partial charge is 0.401 e. The van der Waals surface area contributed by atoms with E-state index in [0.29, 0.717) is 0 Å². The first-order valence-electron chi connectivity index (χ1n) is 10.1. The molecule has 2 unspecified atom stereocenters. The Morgan fingerprint density at radius 1 is 0.879 bits per heavy atom. The van der Waals surface area contributed by atoms with Crippen LogP contribution in [-0.2, 0) is 19.5 Å². The normalized spacial score (nSPS) is 43.5. The topological polar surface area (TPSA) is 55.8 Å². The van der Waals surface area contributed by atoms with Gasteiger partial charge in [-0.25, -0.2) is 8.42 Å². The molecule has 0 aromatic heterocycles. The van der Waals surface area contributed by atoms with Crippen LogP contribution in [0.3, 0.4) is 0 Å². The van der Waals surface area contributed by atoms with Crippen molar-refractivity contribution in [2.75, 3.05) is 13.1 Å². The number of aryl methyl sites for hydroxylation is 1. The number of halogens is 6. The van der Waals surface area contributed by atoms with Gasteiger partial charge in [-0.05, 0) is 19.1 Å². The first kappa shape index (κ1) is 21.6. The third kappa shape index (κ3) is 2.00. The number of piperidine rings is 1. The Labute approximate surface area is 184 Å². The van der Waals surface area contributed by atoms with E-state index in [1.165, 1.54) is 24.3 Å². The van der Waals surface area contributed by atoms with E-state index in [2.05, 4.69) is 0 Å². The fourth-order valence-electron chi connectivity index (χ4n) is 6.94. The van der Waals surface area contributed by atoms with E-state index in [1.807, 2.05) is 0 Å². The summed E-state index contributed by atoms with van der Waals surface area (Å²) in [5.41, 5.74) is -11.4. The quantitative estimate of drug-likeness (QED) is 0.468. The minimum absolute atomic E-state index is 0.185. The van der Waals surface area contributed by atoms with E-state index in [9.17, 15) is 21.6 Å². The number of ether oxygens (including phenoxy) is 2. The van der Waals surface area contributed by atoms with Gasteiger partial charge in [0.1, 0.15) is 16.6 Å². The Hall–Kier alpha value is -1.89. The zero-order valence-corrected chi connectivity index (χ0v) is 17.8. The Balaban J connectivity index is 1.60. The second-order valence-corrected chi connectivity index (χ2v) is 11.2. The highest BCUT2D eigenvalue weighted by molar-refractivity contribution is 7.89. The van der Waals surface area contributed by atoms with Crippen LogP contribution in [-0.4, -0.2) is 61.6 Å². The average molecular weight is 493 g/mol. The number of benzene rings is 1. The van der Waals surface area contributed by atoms with Gasteiger partial charge in [0, 0.05) is 13.1 Å². The van der Waals surface area contributed by atoms with Crippen molar-refractivity contribution in [2.45, 2.75) is 47.6 Å². The third-order valence-electron chi connectivity index (χ3n) is 7.92. The minimum Gasteiger partial charge on any atom is -0.360 e. The summed E-state index contributed by atoms with van der Waals surface area (Å²) in [6.07, 6.45) is -10.8. The highest BCUT2D eigenvalue weighted by atomic mass is 32.2. The smallest absolute Gasteiger partial charge is 0.360 e. The lowest BCUT2D eigenvalue weighted by Gasteiger charge is -2.60. The molecule has 6 atom stereocenters. The van der Waals surface area contributed by atoms with Crippen molar-refractivity contribution in [1.29, 1.82) is 0 Å². The molecule has 33 heavy (non-hydrogen) atoms. The van der Waals surface area contributed by atoms with Crippen LogP contribution in [0.25, 0.3) is 0 Å².